The van der Waals surface area contributed by atoms with Gasteiger partial charge in [0.25, 0.3) is 0 Å². The molecule has 2 heteroatoms. The van der Waals surface area contributed by atoms with Gasteiger partial charge in [0.15, 0.2) is 5.78 Å². The van der Waals surface area contributed by atoms with Crippen molar-refractivity contribution in [2.45, 2.75) is 26.7 Å². The quantitative estimate of drug-likeness (QED) is 0.612. The molecule has 0 atom stereocenters. The maximum absolute atomic E-state index is 11.2. The van der Waals surface area contributed by atoms with Crippen molar-refractivity contribution >= 4 is 17.4 Å². The lowest BCUT2D eigenvalue weighted by Gasteiger charge is -2.45. The first-order valence-corrected chi connectivity index (χ1v) is 5.63. The van der Waals surface area contributed by atoms with Crippen LogP contribution in [0, 0.1) is 10.8 Å². The summed E-state index contributed by atoms with van der Waals surface area (Å²) < 4.78 is 0. The van der Waals surface area contributed by atoms with Crippen LogP contribution in [0.5, 0.6) is 0 Å². The highest BCUT2D eigenvalue weighted by atomic mass is 35.5. The smallest absolute Gasteiger partial charge is 0.178 e. The van der Waals surface area contributed by atoms with Crippen molar-refractivity contribution in [3.63, 3.8) is 0 Å². The van der Waals surface area contributed by atoms with Crippen LogP contribution in [-0.2, 0) is 4.79 Å². The van der Waals surface area contributed by atoms with E-state index in [1.807, 2.05) is 12.2 Å². The van der Waals surface area contributed by atoms with Crippen LogP contribution in [0.4, 0.5) is 0 Å². The van der Waals surface area contributed by atoms with Crippen LogP contribution in [0.2, 0.25) is 0 Å². The van der Waals surface area contributed by atoms with Crippen LogP contribution >= 0.6 is 11.6 Å². The highest BCUT2D eigenvalue weighted by Gasteiger charge is 2.42. The topological polar surface area (TPSA) is 17.1 Å². The van der Waals surface area contributed by atoms with Crippen LogP contribution in [0.1, 0.15) is 26.7 Å². The molecule has 0 fully saturated rings. The predicted octanol–water partition coefficient (Wildman–Crippen LogP) is 3.61. The van der Waals surface area contributed by atoms with E-state index < -0.39 is 0 Å². The van der Waals surface area contributed by atoms with Crippen molar-refractivity contribution in [2.24, 2.45) is 10.8 Å². The molecule has 0 saturated heterocycles. The lowest BCUT2D eigenvalue weighted by molar-refractivity contribution is -0.110. The number of carbonyl (C=O) groups excluding carboxylic acids is 1. The average Bonchev–Trinajstić information content (AvgIpc) is 2.17. The van der Waals surface area contributed by atoms with Gasteiger partial charge in [0.2, 0.25) is 0 Å². The molecule has 0 aromatic rings. The molecule has 80 valence electrons. The molecule has 0 unspecified atom stereocenters. The summed E-state index contributed by atoms with van der Waals surface area (Å²) >= 11 is 6.11. The summed E-state index contributed by atoms with van der Waals surface area (Å²) in [5.74, 6) is 0.0616. The Hall–Kier alpha value is -0.820. The molecule has 2 aliphatic rings. The van der Waals surface area contributed by atoms with E-state index in [0.717, 1.165) is 17.9 Å². The molecule has 0 saturated carbocycles. The van der Waals surface area contributed by atoms with Crippen molar-refractivity contribution in [2.75, 3.05) is 0 Å². The zero-order valence-corrected chi connectivity index (χ0v) is 9.84. The molecule has 0 aliphatic heterocycles. The van der Waals surface area contributed by atoms with Gasteiger partial charge in [0, 0.05) is 10.4 Å². The normalized spacial score (nSPS) is 26.9. The van der Waals surface area contributed by atoms with Crippen molar-refractivity contribution in [3.05, 3.63) is 35.4 Å². The Kier molecular flexibility index (Phi) is 2.38. The largest absolute Gasteiger partial charge is 0.290 e. The van der Waals surface area contributed by atoms with Gasteiger partial charge in [0.1, 0.15) is 0 Å². The monoisotopic (exact) mass is 222 g/mol. The van der Waals surface area contributed by atoms with Gasteiger partial charge in [-0.25, -0.2) is 0 Å². The molecular weight excluding hydrogens is 208 g/mol. The maximum atomic E-state index is 11.2. The summed E-state index contributed by atoms with van der Waals surface area (Å²) in [6.07, 6.45) is 11.3. The second-order valence-corrected chi connectivity index (χ2v) is 5.46. The molecule has 0 bridgehead atoms. The minimum absolute atomic E-state index is 0.0616. The van der Waals surface area contributed by atoms with E-state index in [2.05, 4.69) is 19.9 Å². The second kappa shape index (κ2) is 3.34. The van der Waals surface area contributed by atoms with Gasteiger partial charge in [-0.2, -0.15) is 0 Å². The van der Waals surface area contributed by atoms with Gasteiger partial charge >= 0.3 is 0 Å². The summed E-state index contributed by atoms with van der Waals surface area (Å²) in [5.41, 5.74) is -0.0463. The lowest BCUT2D eigenvalue weighted by Crippen LogP contribution is -2.36. The molecule has 15 heavy (non-hydrogen) atoms. The van der Waals surface area contributed by atoms with Crippen LogP contribution in [-0.4, -0.2) is 5.78 Å². The van der Waals surface area contributed by atoms with E-state index >= 15 is 0 Å². The highest BCUT2D eigenvalue weighted by Crippen LogP contribution is 2.52. The Balaban J connectivity index is 2.48. The highest BCUT2D eigenvalue weighted by molar-refractivity contribution is 6.29. The summed E-state index contributed by atoms with van der Waals surface area (Å²) in [6, 6.07) is 0. The molecule has 2 rings (SSSR count). The van der Waals surface area contributed by atoms with Crippen molar-refractivity contribution in [1.82, 2.24) is 0 Å². The summed E-state index contributed by atoms with van der Waals surface area (Å²) in [4.78, 5) is 11.2. The Labute approximate surface area is 95.5 Å². The molecule has 2 aliphatic carbocycles. The average molecular weight is 223 g/mol. The number of carbonyl (C=O) groups is 1. The zero-order chi connectivity index (χ0) is 11.1. The Morgan fingerprint density at radius 2 is 1.87 bits per heavy atom. The van der Waals surface area contributed by atoms with Gasteiger partial charge in [-0.15, -0.1) is 0 Å². The third-order valence-corrected chi connectivity index (χ3v) is 3.90. The van der Waals surface area contributed by atoms with Crippen molar-refractivity contribution < 1.29 is 4.79 Å². The Morgan fingerprint density at radius 1 is 1.27 bits per heavy atom. The van der Waals surface area contributed by atoms with Crippen LogP contribution in [0.25, 0.3) is 0 Å². The first kappa shape index (κ1) is 10.7. The van der Waals surface area contributed by atoms with E-state index in [0.29, 0.717) is 0 Å². The standard InChI is InChI=1S/C13H15ClO/c1-12(2)6-3-10(14)9-13(12)7-4-11(15)5-8-13/h4-5,7-9H,3,6H2,1-2H3. The molecule has 0 N–H and O–H groups in total. The zero-order valence-electron chi connectivity index (χ0n) is 9.09. The molecular formula is C13H15ClO. The number of halogens is 1. The molecule has 0 heterocycles. The van der Waals surface area contributed by atoms with E-state index in [9.17, 15) is 4.79 Å². The number of allylic oxidation sites excluding steroid dienone is 6. The van der Waals surface area contributed by atoms with Gasteiger partial charge in [-0.05, 0) is 30.4 Å². The number of hydrogen-bond acceptors (Lipinski definition) is 1. The Bertz CT molecular complexity index is 369. The third-order valence-electron chi connectivity index (χ3n) is 3.60. The molecule has 0 aromatic heterocycles. The summed E-state index contributed by atoms with van der Waals surface area (Å²) in [7, 11) is 0. The fraction of sp³-hybridized carbons (Fsp3) is 0.462. The van der Waals surface area contributed by atoms with Gasteiger partial charge < -0.3 is 0 Å². The third kappa shape index (κ3) is 1.69. The van der Waals surface area contributed by atoms with Crippen LogP contribution in [0.3, 0.4) is 0 Å². The fourth-order valence-electron chi connectivity index (χ4n) is 2.27. The number of ketones is 1. The van der Waals surface area contributed by atoms with E-state index in [1.165, 1.54) is 0 Å². The molecule has 0 aromatic carbocycles. The van der Waals surface area contributed by atoms with Gasteiger partial charge in [-0.3, -0.25) is 4.79 Å². The van der Waals surface area contributed by atoms with Gasteiger partial charge in [0.05, 0.1) is 0 Å². The summed E-state index contributed by atoms with van der Waals surface area (Å²) in [6.45, 7) is 4.44. The van der Waals surface area contributed by atoms with Crippen LogP contribution in [0.15, 0.2) is 35.4 Å². The minimum atomic E-state index is -0.170. The SMILES string of the molecule is CC1(C)CCC(Cl)=CC12C=CC(=O)C=C2. The predicted molar refractivity (Wildman–Crippen MR) is 62.7 cm³/mol. The molecule has 1 nitrogen and oxygen atoms in total. The fourth-order valence-corrected chi connectivity index (χ4v) is 2.55. The van der Waals surface area contributed by atoms with E-state index in [4.69, 9.17) is 11.6 Å². The first-order valence-electron chi connectivity index (χ1n) is 5.25. The molecule has 1 spiro atoms. The van der Waals surface area contributed by atoms with Crippen LogP contribution < -0.4 is 0 Å². The van der Waals surface area contributed by atoms with E-state index in [1.54, 1.807) is 12.2 Å². The Morgan fingerprint density at radius 3 is 2.47 bits per heavy atom. The second-order valence-electron chi connectivity index (χ2n) is 4.98. The lowest BCUT2D eigenvalue weighted by atomic mass is 9.59. The number of hydrogen-bond donors (Lipinski definition) is 0. The number of rotatable bonds is 0. The van der Waals surface area contributed by atoms with Crippen molar-refractivity contribution in [1.29, 1.82) is 0 Å². The van der Waals surface area contributed by atoms with E-state index in [-0.39, 0.29) is 16.6 Å². The molecule has 0 radical (unpaired) electrons. The minimum Gasteiger partial charge on any atom is -0.290 e. The van der Waals surface area contributed by atoms with Crippen molar-refractivity contribution in [3.8, 4) is 0 Å². The molecule has 0 amide bonds. The van der Waals surface area contributed by atoms with Gasteiger partial charge in [-0.1, -0.05) is 43.7 Å². The maximum Gasteiger partial charge on any atom is 0.178 e. The summed E-state index contributed by atoms with van der Waals surface area (Å²) in [5, 5.41) is 0.901. The first-order chi connectivity index (χ1) is 6.95.